The van der Waals surface area contributed by atoms with Gasteiger partial charge in [-0.15, -0.1) is 0 Å². The van der Waals surface area contributed by atoms with Gasteiger partial charge in [-0.25, -0.2) is 8.42 Å². The Balaban J connectivity index is 1.62. The highest BCUT2D eigenvalue weighted by Gasteiger charge is 2.48. The van der Waals surface area contributed by atoms with Gasteiger partial charge in [0.2, 0.25) is 10.0 Å². The minimum Gasteiger partial charge on any atom is -0.367 e. The van der Waals surface area contributed by atoms with Gasteiger partial charge in [-0.2, -0.15) is 4.31 Å². The number of ether oxygens (including phenoxy) is 1. The second kappa shape index (κ2) is 8.17. The van der Waals surface area contributed by atoms with Crippen LogP contribution in [0, 0.1) is 6.92 Å². The second-order valence-corrected chi connectivity index (χ2v) is 11.3. The molecular formula is C25H24BrNO3S. The molecule has 6 heteroatoms. The molecule has 1 aliphatic carbocycles. The van der Waals surface area contributed by atoms with Crippen molar-refractivity contribution >= 4 is 26.0 Å². The number of alkyl halides is 1. The Morgan fingerprint density at radius 2 is 1.61 bits per heavy atom. The summed E-state index contributed by atoms with van der Waals surface area (Å²) in [5.74, 6) is 0. The quantitative estimate of drug-likeness (QED) is 0.468. The molecule has 0 radical (unpaired) electrons. The van der Waals surface area contributed by atoms with Gasteiger partial charge in [-0.3, -0.25) is 0 Å². The van der Waals surface area contributed by atoms with Crippen molar-refractivity contribution in [1.82, 2.24) is 4.31 Å². The fourth-order valence-corrected chi connectivity index (χ4v) is 7.27. The lowest BCUT2D eigenvalue weighted by Crippen LogP contribution is -2.40. The Hall–Kier alpha value is -1.99. The highest BCUT2D eigenvalue weighted by molar-refractivity contribution is 9.09. The second-order valence-electron chi connectivity index (χ2n) is 8.26. The molecule has 1 aliphatic heterocycles. The molecular weight excluding hydrogens is 474 g/mol. The fourth-order valence-electron chi connectivity index (χ4n) is 4.68. The first kappa shape index (κ1) is 20.9. The molecule has 2 aliphatic rings. The number of hydrogen-bond acceptors (Lipinski definition) is 3. The summed E-state index contributed by atoms with van der Waals surface area (Å²) < 4.78 is 36.0. The van der Waals surface area contributed by atoms with E-state index < -0.39 is 10.0 Å². The number of aryl methyl sites for hydroxylation is 1. The highest BCUT2D eigenvalue weighted by atomic mass is 79.9. The van der Waals surface area contributed by atoms with Gasteiger partial charge >= 0.3 is 0 Å². The minimum atomic E-state index is -3.71. The van der Waals surface area contributed by atoms with Gasteiger partial charge < -0.3 is 4.74 Å². The van der Waals surface area contributed by atoms with E-state index in [1.54, 1.807) is 16.4 Å². The SMILES string of the molecule is Cc1ccc(S(=O)(=O)N2CC(Br)C(c3ccccc3)OC3Cc4ccccc4C32)cc1. The van der Waals surface area contributed by atoms with Gasteiger partial charge in [0.15, 0.2) is 0 Å². The van der Waals surface area contributed by atoms with E-state index in [4.69, 9.17) is 4.74 Å². The Bertz CT molecular complexity index is 1180. The Kier molecular flexibility index (Phi) is 5.51. The van der Waals surface area contributed by atoms with Gasteiger partial charge in [0.25, 0.3) is 0 Å². The van der Waals surface area contributed by atoms with Crippen LogP contribution in [0.5, 0.6) is 0 Å². The summed E-state index contributed by atoms with van der Waals surface area (Å²) in [5, 5.41) is 0. The third-order valence-electron chi connectivity index (χ3n) is 6.22. The molecule has 4 unspecified atom stereocenters. The average Bonchev–Trinajstić information content (AvgIpc) is 3.06. The summed E-state index contributed by atoms with van der Waals surface area (Å²) in [6.45, 7) is 2.28. The summed E-state index contributed by atoms with van der Waals surface area (Å²) in [7, 11) is -3.71. The van der Waals surface area contributed by atoms with Crippen LogP contribution in [-0.4, -0.2) is 30.2 Å². The molecule has 3 aromatic carbocycles. The number of halogens is 1. The van der Waals surface area contributed by atoms with E-state index in [-0.39, 0.29) is 23.1 Å². The maximum Gasteiger partial charge on any atom is 0.243 e. The van der Waals surface area contributed by atoms with Crippen LogP contribution < -0.4 is 0 Å². The molecule has 5 rings (SSSR count). The van der Waals surface area contributed by atoms with Gasteiger partial charge in [0, 0.05) is 13.0 Å². The molecule has 3 aromatic rings. The lowest BCUT2D eigenvalue weighted by Gasteiger charge is -2.30. The van der Waals surface area contributed by atoms with Crippen LogP contribution >= 0.6 is 15.9 Å². The summed E-state index contributed by atoms with van der Waals surface area (Å²) in [4.78, 5) is 0.145. The summed E-state index contributed by atoms with van der Waals surface area (Å²) in [5.41, 5.74) is 4.27. The van der Waals surface area contributed by atoms with E-state index in [1.165, 1.54) is 0 Å². The lowest BCUT2D eigenvalue weighted by atomic mass is 10.1. The molecule has 0 bridgehead atoms. The van der Waals surface area contributed by atoms with Crippen LogP contribution in [0.4, 0.5) is 0 Å². The smallest absolute Gasteiger partial charge is 0.243 e. The van der Waals surface area contributed by atoms with Crippen molar-refractivity contribution in [3.63, 3.8) is 0 Å². The van der Waals surface area contributed by atoms with E-state index in [1.807, 2.05) is 67.6 Å². The van der Waals surface area contributed by atoms with Gasteiger partial charge in [-0.05, 0) is 35.7 Å². The Morgan fingerprint density at radius 3 is 2.35 bits per heavy atom. The molecule has 1 heterocycles. The summed E-state index contributed by atoms with van der Waals surface area (Å²) >= 11 is 3.78. The first-order valence-corrected chi connectivity index (χ1v) is 12.8. The van der Waals surface area contributed by atoms with Gasteiger partial charge in [0.05, 0.1) is 28.0 Å². The summed E-state index contributed by atoms with van der Waals surface area (Å²) in [6.07, 6.45) is 0.218. The number of sulfonamides is 1. The fraction of sp³-hybridized carbons (Fsp3) is 0.280. The zero-order valence-corrected chi connectivity index (χ0v) is 19.6. The zero-order valence-electron chi connectivity index (χ0n) is 17.2. The standard InChI is InChI=1S/C25H24BrNO3S/c1-17-11-13-20(14-12-17)31(28,29)27-16-22(26)25(18-7-3-2-4-8-18)30-23-15-19-9-5-6-10-21(19)24(23)27/h2-14,22-25H,15-16H2,1H3. The van der Waals surface area contributed by atoms with Crippen molar-refractivity contribution in [1.29, 1.82) is 0 Å². The predicted octanol–water partition coefficient (Wildman–Crippen LogP) is 5.19. The van der Waals surface area contributed by atoms with Crippen molar-refractivity contribution in [3.05, 3.63) is 101 Å². The van der Waals surface area contributed by atoms with Crippen LogP contribution in [0.25, 0.3) is 0 Å². The molecule has 160 valence electrons. The molecule has 0 spiro atoms. The number of nitrogens with zero attached hydrogens (tertiary/aromatic N) is 1. The zero-order chi connectivity index (χ0) is 21.6. The number of fused-ring (bicyclic) bond motifs is 3. The topological polar surface area (TPSA) is 46.6 Å². The van der Waals surface area contributed by atoms with E-state index in [2.05, 4.69) is 22.0 Å². The first-order chi connectivity index (χ1) is 14.9. The Morgan fingerprint density at radius 1 is 0.935 bits per heavy atom. The molecule has 0 saturated carbocycles. The maximum absolute atomic E-state index is 13.8. The predicted molar refractivity (Wildman–Crippen MR) is 125 cm³/mol. The first-order valence-electron chi connectivity index (χ1n) is 10.5. The van der Waals surface area contributed by atoms with Crippen LogP contribution in [-0.2, 0) is 21.2 Å². The number of hydrogen-bond donors (Lipinski definition) is 0. The molecule has 1 fully saturated rings. The third kappa shape index (κ3) is 3.76. The normalized spacial score (nSPS) is 26.1. The average molecular weight is 498 g/mol. The lowest BCUT2D eigenvalue weighted by molar-refractivity contribution is -0.0164. The van der Waals surface area contributed by atoms with Crippen molar-refractivity contribution in [3.8, 4) is 0 Å². The molecule has 4 nitrogen and oxygen atoms in total. The van der Waals surface area contributed by atoms with Gasteiger partial charge in [0.1, 0.15) is 0 Å². The highest BCUT2D eigenvalue weighted by Crippen LogP contribution is 2.46. The largest absolute Gasteiger partial charge is 0.367 e. The van der Waals surface area contributed by atoms with Crippen LogP contribution in [0.3, 0.4) is 0 Å². The maximum atomic E-state index is 13.8. The van der Waals surface area contributed by atoms with Crippen molar-refractivity contribution in [2.75, 3.05) is 6.54 Å². The van der Waals surface area contributed by atoms with Crippen molar-refractivity contribution < 1.29 is 13.2 Å². The van der Waals surface area contributed by atoms with Gasteiger partial charge in [-0.1, -0.05) is 88.2 Å². The monoisotopic (exact) mass is 497 g/mol. The third-order valence-corrected chi connectivity index (χ3v) is 8.85. The van der Waals surface area contributed by atoms with E-state index in [0.717, 1.165) is 22.3 Å². The van der Waals surface area contributed by atoms with E-state index in [0.29, 0.717) is 17.9 Å². The van der Waals surface area contributed by atoms with Crippen LogP contribution in [0.2, 0.25) is 0 Å². The van der Waals surface area contributed by atoms with Crippen molar-refractivity contribution in [2.45, 2.75) is 41.3 Å². The van der Waals surface area contributed by atoms with Crippen LogP contribution in [0.1, 0.15) is 34.4 Å². The van der Waals surface area contributed by atoms with E-state index >= 15 is 0 Å². The number of rotatable bonds is 3. The molecule has 0 N–H and O–H groups in total. The minimum absolute atomic E-state index is 0.173. The molecule has 1 saturated heterocycles. The Labute approximate surface area is 192 Å². The van der Waals surface area contributed by atoms with E-state index in [9.17, 15) is 8.42 Å². The molecule has 0 amide bonds. The summed E-state index contributed by atoms with van der Waals surface area (Å²) in [6, 6.07) is 24.9. The number of benzene rings is 3. The van der Waals surface area contributed by atoms with Crippen molar-refractivity contribution in [2.24, 2.45) is 0 Å². The molecule has 4 atom stereocenters. The molecule has 31 heavy (non-hydrogen) atoms. The van der Waals surface area contributed by atoms with Crippen LogP contribution in [0.15, 0.2) is 83.8 Å². The molecule has 0 aromatic heterocycles.